The summed E-state index contributed by atoms with van der Waals surface area (Å²) in [6, 6.07) is 19.6. The largest absolute Gasteiger partial charge is 0.313 e. The summed E-state index contributed by atoms with van der Waals surface area (Å²) in [6.45, 7) is 2.09. The fourth-order valence-electron chi connectivity index (χ4n) is 2.60. The van der Waals surface area contributed by atoms with E-state index in [1.165, 1.54) is 22.3 Å². The van der Waals surface area contributed by atoms with E-state index in [4.69, 9.17) is 0 Å². The van der Waals surface area contributed by atoms with Gasteiger partial charge in [0.25, 0.3) is 0 Å². The van der Waals surface area contributed by atoms with Gasteiger partial charge in [-0.2, -0.15) is 0 Å². The van der Waals surface area contributed by atoms with Gasteiger partial charge in [0.15, 0.2) is 0 Å². The molecule has 0 atom stereocenters. The van der Waals surface area contributed by atoms with Crippen molar-refractivity contribution in [3.63, 3.8) is 0 Å². The maximum atomic E-state index is 3.36. The van der Waals surface area contributed by atoms with E-state index in [1.807, 2.05) is 0 Å². The molecule has 0 amide bonds. The Bertz CT molecular complexity index is 569. The third kappa shape index (κ3) is 3.12. The zero-order chi connectivity index (χ0) is 12.9. The third-order valence-electron chi connectivity index (χ3n) is 3.61. The van der Waals surface area contributed by atoms with Crippen LogP contribution in [0, 0.1) is 0 Å². The van der Waals surface area contributed by atoms with E-state index in [1.54, 1.807) is 0 Å². The second-order valence-electron chi connectivity index (χ2n) is 5.05. The zero-order valence-corrected chi connectivity index (χ0v) is 11.1. The maximum Gasteiger partial charge on any atom is 0.0140 e. The van der Waals surface area contributed by atoms with Crippen molar-refractivity contribution < 1.29 is 0 Å². The molecule has 19 heavy (non-hydrogen) atoms. The van der Waals surface area contributed by atoms with E-state index in [0.29, 0.717) is 0 Å². The van der Waals surface area contributed by atoms with Crippen molar-refractivity contribution in [1.82, 2.24) is 5.32 Å². The lowest BCUT2D eigenvalue weighted by molar-refractivity contribution is 0.738. The summed E-state index contributed by atoms with van der Waals surface area (Å²) < 4.78 is 0. The second-order valence-corrected chi connectivity index (χ2v) is 5.05. The molecule has 1 nitrogen and oxygen atoms in total. The Morgan fingerprint density at radius 1 is 0.895 bits per heavy atom. The molecule has 96 valence electrons. The number of benzene rings is 2. The molecule has 0 radical (unpaired) electrons. The van der Waals surface area contributed by atoms with Crippen LogP contribution < -0.4 is 5.32 Å². The first kappa shape index (κ1) is 12.2. The predicted octanol–water partition coefficient (Wildman–Crippen LogP) is 3.65. The summed E-state index contributed by atoms with van der Waals surface area (Å²) in [5.41, 5.74) is 5.63. The smallest absolute Gasteiger partial charge is 0.0140 e. The van der Waals surface area contributed by atoms with Crippen molar-refractivity contribution in [3.8, 4) is 0 Å². The molecule has 0 bridgehead atoms. The van der Waals surface area contributed by atoms with Crippen LogP contribution in [-0.4, -0.2) is 13.1 Å². The molecule has 1 heterocycles. The normalized spacial score (nSPS) is 15.1. The lowest BCUT2D eigenvalue weighted by Crippen LogP contribution is -2.20. The molecule has 0 fully saturated rings. The van der Waals surface area contributed by atoms with Crippen molar-refractivity contribution in [2.24, 2.45) is 0 Å². The molecule has 3 rings (SSSR count). The average molecular weight is 249 g/mol. The van der Waals surface area contributed by atoms with E-state index in [0.717, 1.165) is 25.9 Å². The van der Waals surface area contributed by atoms with Gasteiger partial charge in [0.1, 0.15) is 0 Å². The predicted molar refractivity (Wildman–Crippen MR) is 81.2 cm³/mol. The van der Waals surface area contributed by atoms with Crippen molar-refractivity contribution in [1.29, 1.82) is 0 Å². The number of rotatable bonds is 3. The topological polar surface area (TPSA) is 12.0 Å². The van der Waals surface area contributed by atoms with Crippen LogP contribution in [0.5, 0.6) is 0 Å². The first-order valence-electron chi connectivity index (χ1n) is 6.95. The molecular formula is C18H19N. The fourth-order valence-corrected chi connectivity index (χ4v) is 2.60. The minimum Gasteiger partial charge on any atom is -0.313 e. The molecule has 1 aliphatic rings. The van der Waals surface area contributed by atoms with Crippen molar-refractivity contribution >= 4 is 5.57 Å². The lowest BCUT2D eigenvalue weighted by Gasteiger charge is -2.15. The lowest BCUT2D eigenvalue weighted by atomic mass is 9.96. The third-order valence-corrected chi connectivity index (χ3v) is 3.61. The summed E-state index contributed by atoms with van der Waals surface area (Å²) in [5, 5.41) is 3.36. The van der Waals surface area contributed by atoms with Crippen LogP contribution in [0.15, 0.2) is 60.7 Å². The van der Waals surface area contributed by atoms with Gasteiger partial charge in [0, 0.05) is 6.54 Å². The highest BCUT2D eigenvalue weighted by Crippen LogP contribution is 2.21. The van der Waals surface area contributed by atoms with Crippen molar-refractivity contribution in [3.05, 3.63) is 77.4 Å². The monoisotopic (exact) mass is 249 g/mol. The molecule has 2 aromatic carbocycles. The van der Waals surface area contributed by atoms with Crippen LogP contribution in [0.1, 0.15) is 23.1 Å². The number of nitrogens with one attached hydrogen (secondary N) is 1. The first-order valence-corrected chi connectivity index (χ1v) is 6.95. The van der Waals surface area contributed by atoms with Gasteiger partial charge in [0.05, 0.1) is 0 Å². The van der Waals surface area contributed by atoms with Gasteiger partial charge in [-0.05, 0) is 41.6 Å². The zero-order valence-electron chi connectivity index (χ0n) is 11.1. The van der Waals surface area contributed by atoms with Gasteiger partial charge in [-0.15, -0.1) is 0 Å². The Labute approximate surface area is 115 Å². The molecule has 0 aliphatic carbocycles. The Morgan fingerprint density at radius 2 is 1.74 bits per heavy atom. The minimum absolute atomic E-state index is 0.998. The summed E-state index contributed by atoms with van der Waals surface area (Å²) in [7, 11) is 0. The number of hydrogen-bond donors (Lipinski definition) is 1. The quantitative estimate of drug-likeness (QED) is 0.875. The highest BCUT2D eigenvalue weighted by molar-refractivity contribution is 5.67. The van der Waals surface area contributed by atoms with Crippen molar-refractivity contribution in [2.45, 2.75) is 12.8 Å². The standard InChI is InChI=1S/C18H19N/c1-2-5-15(6-3-1)13-16-7-4-8-18(14-16)17-9-11-19-12-10-17/h1-9,14,19H,10-13H2. The molecule has 0 saturated heterocycles. The highest BCUT2D eigenvalue weighted by atomic mass is 14.8. The molecule has 1 N–H and O–H groups in total. The highest BCUT2D eigenvalue weighted by Gasteiger charge is 2.06. The molecule has 0 spiro atoms. The van der Waals surface area contributed by atoms with E-state index < -0.39 is 0 Å². The van der Waals surface area contributed by atoms with Gasteiger partial charge in [-0.3, -0.25) is 0 Å². The second kappa shape index (κ2) is 5.85. The van der Waals surface area contributed by atoms with E-state index in [9.17, 15) is 0 Å². The summed E-state index contributed by atoms with van der Waals surface area (Å²) in [4.78, 5) is 0. The minimum atomic E-state index is 0.998. The molecule has 1 aliphatic heterocycles. The average Bonchev–Trinajstić information content (AvgIpc) is 2.49. The Morgan fingerprint density at radius 3 is 2.53 bits per heavy atom. The van der Waals surface area contributed by atoms with Crippen LogP contribution in [0.2, 0.25) is 0 Å². The van der Waals surface area contributed by atoms with Crippen LogP contribution in [-0.2, 0) is 6.42 Å². The van der Waals surface area contributed by atoms with Gasteiger partial charge >= 0.3 is 0 Å². The van der Waals surface area contributed by atoms with E-state index >= 15 is 0 Å². The molecular weight excluding hydrogens is 230 g/mol. The van der Waals surface area contributed by atoms with E-state index in [2.05, 4.69) is 66.0 Å². The van der Waals surface area contributed by atoms with Crippen LogP contribution >= 0.6 is 0 Å². The molecule has 0 unspecified atom stereocenters. The first-order chi connectivity index (χ1) is 9.42. The SMILES string of the molecule is C1=C(c2cccc(Cc3ccccc3)c2)CCNC1. The van der Waals surface area contributed by atoms with Gasteiger partial charge in [0.2, 0.25) is 0 Å². The molecule has 1 heteroatoms. The summed E-state index contributed by atoms with van der Waals surface area (Å²) in [5.74, 6) is 0. The van der Waals surface area contributed by atoms with E-state index in [-0.39, 0.29) is 0 Å². The molecule has 2 aromatic rings. The molecule has 0 aromatic heterocycles. The van der Waals surface area contributed by atoms with Crippen LogP contribution in [0.3, 0.4) is 0 Å². The number of hydrogen-bond acceptors (Lipinski definition) is 1. The Balaban J connectivity index is 1.82. The Kier molecular flexibility index (Phi) is 3.75. The van der Waals surface area contributed by atoms with Gasteiger partial charge < -0.3 is 5.32 Å². The summed E-state index contributed by atoms with van der Waals surface area (Å²) in [6.07, 6.45) is 4.46. The Hall–Kier alpha value is -1.86. The van der Waals surface area contributed by atoms with Crippen LogP contribution in [0.25, 0.3) is 5.57 Å². The van der Waals surface area contributed by atoms with Crippen LogP contribution in [0.4, 0.5) is 0 Å². The maximum absolute atomic E-state index is 3.36. The van der Waals surface area contributed by atoms with Gasteiger partial charge in [-0.25, -0.2) is 0 Å². The van der Waals surface area contributed by atoms with Crippen molar-refractivity contribution in [2.75, 3.05) is 13.1 Å². The fraction of sp³-hybridized carbons (Fsp3) is 0.222. The summed E-state index contributed by atoms with van der Waals surface area (Å²) >= 11 is 0. The van der Waals surface area contributed by atoms with Gasteiger partial charge in [-0.1, -0.05) is 60.7 Å². The molecule has 0 saturated carbocycles.